The first-order chi connectivity index (χ1) is 8.64. The summed E-state index contributed by atoms with van der Waals surface area (Å²) in [7, 11) is 2.13. The molecule has 0 heterocycles. The molecular weight excluding hydrogens is 286 g/mol. The molecular formula is C12H27NO6S. The van der Waals surface area contributed by atoms with Gasteiger partial charge >= 0.3 is 5.97 Å². The molecule has 0 aliphatic heterocycles. The molecule has 0 unspecified atom stereocenters. The Kier molecular flexibility index (Phi) is 21.1. The maximum absolute atomic E-state index is 10.1. The lowest BCUT2D eigenvalue weighted by molar-refractivity contribution is -0.138. The molecule has 0 aromatic rings. The van der Waals surface area contributed by atoms with Gasteiger partial charge in [0.2, 0.25) is 5.91 Å². The van der Waals surface area contributed by atoms with E-state index < -0.39 is 9.84 Å². The van der Waals surface area contributed by atoms with Gasteiger partial charge in [0.1, 0.15) is 15.6 Å². The van der Waals surface area contributed by atoms with Crippen LogP contribution in [0, 0.1) is 0 Å². The molecule has 7 nitrogen and oxygen atoms in total. The van der Waals surface area contributed by atoms with Gasteiger partial charge in [-0.15, -0.1) is 0 Å². The highest BCUT2D eigenvalue weighted by molar-refractivity contribution is 7.89. The zero-order chi connectivity index (χ0) is 17.5. The number of ether oxygens (including phenoxy) is 1. The second kappa shape index (κ2) is 15.6. The summed E-state index contributed by atoms with van der Waals surface area (Å²) in [6.07, 6.45) is 2.32. The molecule has 8 heteroatoms. The Hall–Kier alpha value is -1.44. The zero-order valence-electron chi connectivity index (χ0n) is 13.8. The summed E-state index contributed by atoms with van der Waals surface area (Å²) >= 11 is 0. The lowest BCUT2D eigenvalue weighted by Gasteiger charge is -2.02. The summed E-state index contributed by atoms with van der Waals surface area (Å²) in [5.41, 5.74) is 0. The van der Waals surface area contributed by atoms with Crippen LogP contribution in [0.1, 0.15) is 27.7 Å². The largest absolute Gasteiger partial charge is 0.469 e. The molecule has 0 aromatic carbocycles. The van der Waals surface area contributed by atoms with Gasteiger partial charge in [-0.25, -0.2) is 8.42 Å². The van der Waals surface area contributed by atoms with Crippen LogP contribution in [0.5, 0.6) is 0 Å². The van der Waals surface area contributed by atoms with Crippen LogP contribution in [0.15, 0.2) is 0 Å². The molecule has 0 atom stereocenters. The van der Waals surface area contributed by atoms with Crippen molar-refractivity contribution < 1.29 is 27.5 Å². The second-order valence-corrected chi connectivity index (χ2v) is 6.45. The highest BCUT2D eigenvalue weighted by Crippen LogP contribution is 1.69. The molecule has 0 bridgehead atoms. The maximum atomic E-state index is 10.1. The zero-order valence-corrected chi connectivity index (χ0v) is 14.6. The number of rotatable bonds is 0. The molecule has 20 heavy (non-hydrogen) atoms. The third kappa shape index (κ3) is 193. The predicted molar refractivity (Wildman–Crippen MR) is 79.2 cm³/mol. The standard InChI is InChI=1S/C4H9NO.C3H6O2.C3H6O.C2H6O2S/c1-4(6)5(2)3;1-3(4)5-2;1-3(2)4;1-5(2,3)4/h1-3H3;1-2H3;1-2H3;1-2H3. The van der Waals surface area contributed by atoms with Gasteiger partial charge in [-0.1, -0.05) is 0 Å². The lowest BCUT2D eigenvalue weighted by Crippen LogP contribution is -2.17. The number of hydrogen-bond acceptors (Lipinski definition) is 6. The Bertz CT molecular complexity index is 361. The van der Waals surface area contributed by atoms with E-state index in [1.807, 2.05) is 0 Å². The first kappa shape index (κ1) is 27.0. The van der Waals surface area contributed by atoms with E-state index in [0.29, 0.717) is 0 Å². The minimum atomic E-state index is -2.67. The number of Topliss-reactive ketones (excluding diaryl/α,β-unsaturated/α-hetero) is 1. The van der Waals surface area contributed by atoms with Crippen molar-refractivity contribution >= 4 is 27.5 Å². The fourth-order valence-electron chi connectivity index (χ4n) is 0. The molecule has 0 saturated carbocycles. The number of methoxy groups -OCH3 is 1. The van der Waals surface area contributed by atoms with E-state index in [1.54, 1.807) is 14.1 Å². The van der Waals surface area contributed by atoms with Crippen LogP contribution in [0.3, 0.4) is 0 Å². The topological polar surface area (TPSA) is 97.8 Å². The number of sulfone groups is 1. The van der Waals surface area contributed by atoms with Crippen LogP contribution in [0.4, 0.5) is 0 Å². The minimum absolute atomic E-state index is 0.0926. The van der Waals surface area contributed by atoms with Crippen molar-refractivity contribution in [3.05, 3.63) is 0 Å². The van der Waals surface area contributed by atoms with Gasteiger partial charge in [-0.05, 0) is 13.8 Å². The Morgan fingerprint density at radius 1 is 0.900 bits per heavy atom. The summed E-state index contributed by atoms with van der Waals surface area (Å²) in [4.78, 5) is 30.6. The summed E-state index contributed by atoms with van der Waals surface area (Å²) < 4.78 is 23.4. The van der Waals surface area contributed by atoms with Crippen molar-refractivity contribution in [3.8, 4) is 0 Å². The predicted octanol–water partition coefficient (Wildman–Crippen LogP) is 0.530. The molecule has 0 saturated heterocycles. The number of esters is 1. The average molecular weight is 313 g/mol. The van der Waals surface area contributed by atoms with Gasteiger partial charge in [-0.2, -0.15) is 0 Å². The van der Waals surface area contributed by atoms with E-state index in [0.717, 1.165) is 12.5 Å². The third-order valence-electron chi connectivity index (χ3n) is 0.917. The van der Waals surface area contributed by atoms with Gasteiger partial charge in [0, 0.05) is 40.5 Å². The summed E-state index contributed by atoms with van der Waals surface area (Å²) in [5, 5.41) is 0. The van der Waals surface area contributed by atoms with E-state index in [9.17, 15) is 22.8 Å². The van der Waals surface area contributed by atoms with Crippen LogP contribution >= 0.6 is 0 Å². The number of ketones is 1. The van der Waals surface area contributed by atoms with Crippen LogP contribution < -0.4 is 0 Å². The summed E-state index contributed by atoms with van der Waals surface area (Å²) in [6, 6.07) is 0. The van der Waals surface area contributed by atoms with E-state index >= 15 is 0 Å². The van der Waals surface area contributed by atoms with E-state index in [1.165, 1.54) is 39.7 Å². The van der Waals surface area contributed by atoms with Crippen LogP contribution in [-0.2, 0) is 29.0 Å². The van der Waals surface area contributed by atoms with Gasteiger partial charge in [0.05, 0.1) is 7.11 Å². The normalized spacial score (nSPS) is 8.25. The summed E-state index contributed by atoms with van der Waals surface area (Å²) in [6.45, 7) is 5.94. The molecule has 0 rings (SSSR count). The van der Waals surface area contributed by atoms with Crippen LogP contribution in [0.2, 0.25) is 0 Å². The van der Waals surface area contributed by atoms with E-state index in [-0.39, 0.29) is 17.7 Å². The molecule has 0 radical (unpaired) electrons. The molecule has 0 N–H and O–H groups in total. The fraction of sp³-hybridized carbons (Fsp3) is 0.750. The van der Waals surface area contributed by atoms with Gasteiger partial charge in [0.25, 0.3) is 0 Å². The number of nitrogens with zero attached hydrogens (tertiary/aromatic N) is 1. The van der Waals surface area contributed by atoms with Crippen molar-refractivity contribution in [1.29, 1.82) is 0 Å². The molecule has 0 aliphatic rings. The molecule has 0 spiro atoms. The molecule has 0 aliphatic carbocycles. The smallest absolute Gasteiger partial charge is 0.302 e. The Labute approximate surface area is 122 Å². The molecule has 0 fully saturated rings. The van der Waals surface area contributed by atoms with E-state index in [2.05, 4.69) is 4.74 Å². The summed E-state index contributed by atoms with van der Waals surface area (Å²) in [5.74, 6) is 0.0139. The number of carbonyl (C=O) groups is 3. The molecule has 0 aromatic heterocycles. The quantitative estimate of drug-likeness (QED) is 0.605. The monoisotopic (exact) mass is 313 g/mol. The van der Waals surface area contributed by atoms with E-state index in [4.69, 9.17) is 0 Å². The Morgan fingerprint density at radius 2 is 1.00 bits per heavy atom. The van der Waals surface area contributed by atoms with Crippen molar-refractivity contribution in [2.45, 2.75) is 27.7 Å². The average Bonchev–Trinajstić information content (AvgIpc) is 2.14. The van der Waals surface area contributed by atoms with Gasteiger partial charge < -0.3 is 14.4 Å². The fourth-order valence-corrected chi connectivity index (χ4v) is 0. The first-order valence-electron chi connectivity index (χ1n) is 5.49. The van der Waals surface area contributed by atoms with Crippen molar-refractivity contribution in [2.24, 2.45) is 0 Å². The second-order valence-electron chi connectivity index (χ2n) is 4.16. The van der Waals surface area contributed by atoms with Crippen molar-refractivity contribution in [3.63, 3.8) is 0 Å². The number of amides is 1. The molecule has 122 valence electrons. The van der Waals surface area contributed by atoms with Crippen molar-refractivity contribution in [2.75, 3.05) is 33.7 Å². The Morgan fingerprint density at radius 3 is 1.00 bits per heavy atom. The van der Waals surface area contributed by atoms with Gasteiger partial charge in [0.15, 0.2) is 0 Å². The highest BCUT2D eigenvalue weighted by atomic mass is 32.2. The van der Waals surface area contributed by atoms with Gasteiger partial charge in [-0.3, -0.25) is 9.59 Å². The first-order valence-corrected chi connectivity index (χ1v) is 7.79. The van der Waals surface area contributed by atoms with Crippen LogP contribution in [-0.4, -0.2) is 64.7 Å². The SMILES string of the molecule is CC(=O)N(C)C.CC(C)=O.COC(C)=O.CS(C)(=O)=O. The Balaban J connectivity index is -0.0000000862. The lowest BCUT2D eigenvalue weighted by atomic mass is 10.6. The van der Waals surface area contributed by atoms with Crippen molar-refractivity contribution in [1.82, 2.24) is 4.90 Å². The third-order valence-corrected chi connectivity index (χ3v) is 0.917. The minimum Gasteiger partial charge on any atom is -0.469 e. The maximum Gasteiger partial charge on any atom is 0.302 e. The molecule has 1 amide bonds. The number of carbonyl (C=O) groups excluding carboxylic acids is 3. The highest BCUT2D eigenvalue weighted by Gasteiger charge is 1.87. The van der Waals surface area contributed by atoms with Crippen LogP contribution in [0.25, 0.3) is 0 Å². The number of hydrogen-bond donors (Lipinski definition) is 0.